The number of halogens is 2. The molecule has 0 aliphatic carbocycles. The molecular formula is C14H11F2N5O2S. The van der Waals surface area contributed by atoms with Gasteiger partial charge in [-0.2, -0.15) is 0 Å². The zero-order chi connectivity index (χ0) is 16.9. The van der Waals surface area contributed by atoms with Gasteiger partial charge >= 0.3 is 0 Å². The summed E-state index contributed by atoms with van der Waals surface area (Å²) in [4.78, 5) is 11.9. The fourth-order valence-corrected chi connectivity index (χ4v) is 2.53. The number of carbonyl (C=O) groups is 1. The van der Waals surface area contributed by atoms with Crippen LogP contribution in [0.5, 0.6) is 0 Å². The second kappa shape index (κ2) is 7.21. The Bertz CT molecular complexity index is 838. The van der Waals surface area contributed by atoms with E-state index in [4.69, 9.17) is 4.42 Å². The Kier molecular flexibility index (Phi) is 4.85. The van der Waals surface area contributed by atoms with Crippen LogP contribution in [0.1, 0.15) is 5.76 Å². The Labute approximate surface area is 139 Å². The Morgan fingerprint density at radius 1 is 1.33 bits per heavy atom. The Morgan fingerprint density at radius 2 is 2.21 bits per heavy atom. The summed E-state index contributed by atoms with van der Waals surface area (Å²) in [5, 5.41) is 14.0. The summed E-state index contributed by atoms with van der Waals surface area (Å²) in [6.07, 6.45) is 1.54. The van der Waals surface area contributed by atoms with Gasteiger partial charge in [0.15, 0.2) is 0 Å². The van der Waals surface area contributed by atoms with Crippen LogP contribution < -0.4 is 5.32 Å². The van der Waals surface area contributed by atoms with E-state index in [0.29, 0.717) is 23.5 Å². The van der Waals surface area contributed by atoms with E-state index >= 15 is 0 Å². The van der Waals surface area contributed by atoms with Crippen molar-refractivity contribution in [1.82, 2.24) is 20.2 Å². The number of carbonyl (C=O) groups excluding carboxylic acids is 1. The summed E-state index contributed by atoms with van der Waals surface area (Å²) in [5.74, 6) is -1.37. The third kappa shape index (κ3) is 3.96. The first-order valence-electron chi connectivity index (χ1n) is 6.78. The lowest BCUT2D eigenvalue weighted by Crippen LogP contribution is -2.16. The number of amides is 1. The third-order valence-corrected chi connectivity index (χ3v) is 3.88. The number of nitrogens with zero attached hydrogens (tertiary/aromatic N) is 4. The highest BCUT2D eigenvalue weighted by atomic mass is 32.2. The first-order valence-corrected chi connectivity index (χ1v) is 7.76. The predicted octanol–water partition coefficient (Wildman–Crippen LogP) is 2.32. The van der Waals surface area contributed by atoms with Crippen molar-refractivity contribution in [2.75, 3.05) is 11.1 Å². The first-order chi connectivity index (χ1) is 11.6. The molecule has 124 valence electrons. The fourth-order valence-electron chi connectivity index (χ4n) is 1.86. The van der Waals surface area contributed by atoms with E-state index in [9.17, 15) is 13.6 Å². The van der Waals surface area contributed by atoms with Crippen molar-refractivity contribution in [3.8, 4) is 0 Å². The first kappa shape index (κ1) is 16.1. The maximum atomic E-state index is 13.5. The lowest BCUT2D eigenvalue weighted by Gasteiger charge is -2.06. The summed E-state index contributed by atoms with van der Waals surface area (Å²) < 4.78 is 33.0. The molecule has 2 heterocycles. The van der Waals surface area contributed by atoms with Gasteiger partial charge in [-0.3, -0.25) is 4.79 Å². The molecule has 1 aromatic carbocycles. The molecule has 0 bridgehead atoms. The predicted molar refractivity (Wildman–Crippen MR) is 81.3 cm³/mol. The zero-order valence-electron chi connectivity index (χ0n) is 12.1. The van der Waals surface area contributed by atoms with Gasteiger partial charge in [0.2, 0.25) is 11.1 Å². The largest absolute Gasteiger partial charge is 0.467 e. The number of furan rings is 1. The van der Waals surface area contributed by atoms with E-state index < -0.39 is 17.5 Å². The van der Waals surface area contributed by atoms with Crippen molar-refractivity contribution < 1.29 is 18.0 Å². The van der Waals surface area contributed by atoms with Crippen LogP contribution in [0.25, 0.3) is 0 Å². The number of tetrazole rings is 1. The van der Waals surface area contributed by atoms with Gasteiger partial charge in [0.05, 0.1) is 17.7 Å². The second-order valence-corrected chi connectivity index (χ2v) is 5.60. The quantitative estimate of drug-likeness (QED) is 0.686. The van der Waals surface area contributed by atoms with Crippen LogP contribution in [-0.2, 0) is 11.3 Å². The lowest BCUT2D eigenvalue weighted by molar-refractivity contribution is -0.113. The van der Waals surface area contributed by atoms with Crippen LogP contribution >= 0.6 is 11.8 Å². The van der Waals surface area contributed by atoms with Gasteiger partial charge in [-0.1, -0.05) is 11.8 Å². The highest BCUT2D eigenvalue weighted by Gasteiger charge is 2.13. The molecule has 0 saturated heterocycles. The van der Waals surface area contributed by atoms with E-state index in [1.165, 1.54) is 10.9 Å². The summed E-state index contributed by atoms with van der Waals surface area (Å²) in [7, 11) is 0. The maximum Gasteiger partial charge on any atom is 0.234 e. The van der Waals surface area contributed by atoms with E-state index in [1.54, 1.807) is 12.1 Å². The average molecular weight is 351 g/mol. The molecule has 0 atom stereocenters. The molecule has 0 fully saturated rings. The molecule has 3 rings (SSSR count). The molecule has 1 amide bonds. The Hall–Kier alpha value is -2.75. The number of rotatable bonds is 6. The molecule has 3 aromatic rings. The van der Waals surface area contributed by atoms with Gasteiger partial charge in [-0.05, 0) is 34.7 Å². The van der Waals surface area contributed by atoms with Crippen LogP contribution in [0.4, 0.5) is 14.5 Å². The van der Waals surface area contributed by atoms with Crippen molar-refractivity contribution in [3.63, 3.8) is 0 Å². The monoisotopic (exact) mass is 351 g/mol. The highest BCUT2D eigenvalue weighted by molar-refractivity contribution is 7.99. The van der Waals surface area contributed by atoms with Gasteiger partial charge in [-0.15, -0.1) is 5.10 Å². The van der Waals surface area contributed by atoms with Gasteiger partial charge in [-0.25, -0.2) is 13.5 Å². The Morgan fingerprint density at radius 3 is 2.96 bits per heavy atom. The van der Waals surface area contributed by atoms with Crippen LogP contribution in [0.2, 0.25) is 0 Å². The van der Waals surface area contributed by atoms with Crippen molar-refractivity contribution in [1.29, 1.82) is 0 Å². The Balaban J connectivity index is 1.58. The molecule has 0 saturated carbocycles. The average Bonchev–Trinajstić information content (AvgIpc) is 3.20. The number of thioether (sulfide) groups is 1. The molecule has 7 nitrogen and oxygen atoms in total. The molecule has 10 heteroatoms. The maximum absolute atomic E-state index is 13.5. The van der Waals surface area contributed by atoms with Crippen molar-refractivity contribution in [3.05, 3.63) is 54.0 Å². The number of benzene rings is 1. The molecule has 24 heavy (non-hydrogen) atoms. The summed E-state index contributed by atoms with van der Waals surface area (Å²) in [5.41, 5.74) is -0.0859. The van der Waals surface area contributed by atoms with Crippen molar-refractivity contribution in [2.24, 2.45) is 0 Å². The van der Waals surface area contributed by atoms with Crippen LogP contribution in [0.15, 0.2) is 46.2 Å². The third-order valence-electron chi connectivity index (χ3n) is 2.92. The number of nitrogens with one attached hydrogen (secondary N) is 1. The minimum Gasteiger partial charge on any atom is -0.467 e. The standard InChI is InChI=1S/C14H11F2N5O2S/c15-9-3-4-12(11(16)6-9)17-13(22)8-24-14-18-19-20-21(14)7-10-2-1-5-23-10/h1-6H,7-8H2,(H,17,22). The van der Waals surface area contributed by atoms with E-state index in [1.807, 2.05) is 0 Å². The smallest absolute Gasteiger partial charge is 0.234 e. The molecule has 2 aromatic heterocycles. The molecule has 0 aliphatic rings. The zero-order valence-corrected chi connectivity index (χ0v) is 13.0. The molecule has 1 N–H and O–H groups in total. The summed E-state index contributed by atoms with van der Waals surface area (Å²) in [6, 6.07) is 6.45. The van der Waals surface area contributed by atoms with E-state index in [0.717, 1.165) is 23.9 Å². The number of hydrogen-bond donors (Lipinski definition) is 1. The van der Waals surface area contributed by atoms with Crippen LogP contribution in [0, 0.1) is 11.6 Å². The van der Waals surface area contributed by atoms with Gasteiger partial charge < -0.3 is 9.73 Å². The van der Waals surface area contributed by atoms with Gasteiger partial charge in [0, 0.05) is 6.07 Å². The van der Waals surface area contributed by atoms with Gasteiger partial charge in [0.25, 0.3) is 0 Å². The molecule has 0 radical (unpaired) electrons. The minimum atomic E-state index is -0.837. The molecular weight excluding hydrogens is 340 g/mol. The van der Waals surface area contributed by atoms with Crippen LogP contribution in [0.3, 0.4) is 0 Å². The van der Waals surface area contributed by atoms with Crippen molar-refractivity contribution >= 4 is 23.4 Å². The number of hydrogen-bond acceptors (Lipinski definition) is 6. The van der Waals surface area contributed by atoms with Gasteiger partial charge in [0.1, 0.15) is 23.9 Å². The fraction of sp³-hybridized carbons (Fsp3) is 0.143. The normalized spacial score (nSPS) is 10.8. The topological polar surface area (TPSA) is 85.8 Å². The number of anilines is 1. The molecule has 0 aliphatic heterocycles. The van der Waals surface area contributed by atoms with Crippen LogP contribution in [-0.4, -0.2) is 31.9 Å². The van der Waals surface area contributed by atoms with Crippen molar-refractivity contribution in [2.45, 2.75) is 11.7 Å². The lowest BCUT2D eigenvalue weighted by atomic mass is 10.3. The minimum absolute atomic E-state index is 0.0324. The molecule has 0 unspecified atom stereocenters. The van der Waals surface area contributed by atoms with E-state index in [-0.39, 0.29) is 11.4 Å². The summed E-state index contributed by atoms with van der Waals surface area (Å²) >= 11 is 1.09. The second-order valence-electron chi connectivity index (χ2n) is 4.66. The SMILES string of the molecule is O=C(CSc1nnnn1Cc1ccco1)Nc1ccc(F)cc1F. The summed E-state index contributed by atoms with van der Waals surface area (Å²) in [6.45, 7) is 0.330. The molecule has 0 spiro atoms. The number of aromatic nitrogens is 4. The highest BCUT2D eigenvalue weighted by Crippen LogP contribution is 2.18. The van der Waals surface area contributed by atoms with E-state index in [2.05, 4.69) is 20.8 Å².